The van der Waals surface area contributed by atoms with E-state index in [4.69, 9.17) is 4.74 Å². The van der Waals surface area contributed by atoms with Crippen molar-refractivity contribution in [3.05, 3.63) is 0 Å². The molecule has 1 aliphatic rings. The van der Waals surface area contributed by atoms with Gasteiger partial charge in [0.05, 0.1) is 10.2 Å². The van der Waals surface area contributed by atoms with E-state index in [1.807, 2.05) is 0 Å². The van der Waals surface area contributed by atoms with Gasteiger partial charge in [-0.05, 0) is 30.3 Å². The van der Waals surface area contributed by atoms with Crippen LogP contribution in [-0.2, 0) is 15.8 Å². The van der Waals surface area contributed by atoms with Crippen molar-refractivity contribution in [1.29, 1.82) is 0 Å². The van der Waals surface area contributed by atoms with E-state index in [9.17, 15) is 8.76 Å². The molecule has 0 aromatic heterocycles. The van der Waals surface area contributed by atoms with E-state index in [0.29, 0.717) is 23.3 Å². The zero-order valence-electron chi connectivity index (χ0n) is 5.96. The molecule has 0 saturated carbocycles. The first kappa shape index (κ1) is 8.38. The molecule has 0 spiro atoms. The highest BCUT2D eigenvalue weighted by Gasteiger charge is 2.28. The summed E-state index contributed by atoms with van der Waals surface area (Å²) in [7, 11) is 0.580. The van der Waals surface area contributed by atoms with Crippen molar-refractivity contribution in [2.45, 2.75) is 23.8 Å². The van der Waals surface area contributed by atoms with Crippen LogP contribution in [0.25, 0.3) is 0 Å². The van der Waals surface area contributed by atoms with Gasteiger partial charge in [0.2, 0.25) is 0 Å². The average molecular weight is 179 g/mol. The molecule has 10 heavy (non-hydrogen) atoms. The first-order valence-electron chi connectivity index (χ1n) is 3.38. The number of hydrogen-bond donors (Lipinski definition) is 0. The monoisotopic (exact) mass is 179 g/mol. The van der Waals surface area contributed by atoms with Crippen LogP contribution >= 0.6 is 0 Å². The molecule has 1 aliphatic heterocycles. The van der Waals surface area contributed by atoms with E-state index in [1.54, 1.807) is 0 Å². The second-order valence-electron chi connectivity index (χ2n) is 2.67. The lowest BCUT2D eigenvalue weighted by molar-refractivity contribution is 0.0358. The quantitative estimate of drug-likeness (QED) is 0.386. The first-order valence-corrected chi connectivity index (χ1v) is 5.46. The van der Waals surface area contributed by atoms with Gasteiger partial charge >= 0.3 is 0 Å². The summed E-state index contributed by atoms with van der Waals surface area (Å²) in [5.41, 5.74) is 0. The molecule has 3 nitrogen and oxygen atoms in total. The van der Waals surface area contributed by atoms with Crippen molar-refractivity contribution in [3.8, 4) is 0 Å². The molecule has 0 bridgehead atoms. The Morgan fingerprint density at radius 1 is 1.60 bits per heavy atom. The summed E-state index contributed by atoms with van der Waals surface area (Å²) < 4.78 is 25.6. The van der Waals surface area contributed by atoms with E-state index in [2.05, 4.69) is 0 Å². The summed E-state index contributed by atoms with van der Waals surface area (Å²) in [6.07, 6.45) is 2.67. The van der Waals surface area contributed by atoms with Crippen LogP contribution < -0.4 is 0 Å². The van der Waals surface area contributed by atoms with Crippen molar-refractivity contribution in [2.24, 2.45) is 0 Å². The third-order valence-corrected chi connectivity index (χ3v) is 4.60. The van der Waals surface area contributed by atoms with Crippen LogP contribution in [0, 0.1) is 0 Å². The largest absolute Gasteiger partial charge is 0.770 e. The van der Waals surface area contributed by atoms with Gasteiger partial charge in [0.1, 0.15) is 4.56 Å². The molecule has 1 saturated heterocycles. The molecule has 1 heterocycles. The predicted molar refractivity (Wildman–Crippen MR) is 41.4 cm³/mol. The molecular formula is C5H11O3SSi-. The topological polar surface area (TPSA) is 49.4 Å². The minimum Gasteiger partial charge on any atom is -0.770 e. The smallest absolute Gasteiger partial charge is 0.107 e. The highest BCUT2D eigenvalue weighted by molar-refractivity contribution is 7.81. The standard InChI is InChI=1S/C5H12O3SSi/c6-9(7)5(10)3-1-2-4-8-5/h1-4H2,10H3,(H,6,7)/p-1. The van der Waals surface area contributed by atoms with Crippen molar-refractivity contribution < 1.29 is 13.5 Å². The highest BCUT2D eigenvalue weighted by atomic mass is 32.2. The summed E-state index contributed by atoms with van der Waals surface area (Å²) in [6, 6.07) is 0. The van der Waals surface area contributed by atoms with Crippen molar-refractivity contribution >= 4 is 21.3 Å². The Kier molecular flexibility index (Phi) is 2.62. The van der Waals surface area contributed by atoms with Crippen molar-refractivity contribution in [3.63, 3.8) is 0 Å². The Labute approximate surface area is 65.9 Å². The molecule has 0 aliphatic carbocycles. The van der Waals surface area contributed by atoms with Gasteiger partial charge in [-0.25, -0.2) is 0 Å². The summed E-state index contributed by atoms with van der Waals surface area (Å²) in [5, 5.41) is 0. The minimum absolute atomic E-state index is 0.580. The Balaban J connectivity index is 2.56. The Morgan fingerprint density at radius 2 is 2.30 bits per heavy atom. The molecule has 0 amide bonds. The molecule has 0 aromatic rings. The Bertz CT molecular complexity index is 144. The molecule has 0 radical (unpaired) electrons. The van der Waals surface area contributed by atoms with Crippen LogP contribution in [0.1, 0.15) is 19.3 Å². The lowest BCUT2D eigenvalue weighted by Crippen LogP contribution is -2.40. The second kappa shape index (κ2) is 3.12. The maximum atomic E-state index is 10.6. The van der Waals surface area contributed by atoms with Gasteiger partial charge in [0, 0.05) is 6.61 Å². The third kappa shape index (κ3) is 1.66. The molecular weight excluding hydrogens is 168 g/mol. The van der Waals surface area contributed by atoms with Gasteiger partial charge < -0.3 is 9.29 Å². The van der Waals surface area contributed by atoms with E-state index < -0.39 is 15.6 Å². The molecule has 0 N–H and O–H groups in total. The fourth-order valence-corrected chi connectivity index (χ4v) is 2.09. The van der Waals surface area contributed by atoms with Gasteiger partial charge in [-0.2, -0.15) is 0 Å². The second-order valence-corrected chi connectivity index (χ2v) is 6.35. The molecule has 2 atom stereocenters. The van der Waals surface area contributed by atoms with Gasteiger partial charge in [-0.1, -0.05) is 0 Å². The normalized spacial score (nSPS) is 37.7. The molecule has 1 fully saturated rings. The summed E-state index contributed by atoms with van der Waals surface area (Å²) in [4.78, 5) is 0. The van der Waals surface area contributed by atoms with Crippen LogP contribution in [-0.4, -0.2) is 30.2 Å². The van der Waals surface area contributed by atoms with Crippen LogP contribution in [0.3, 0.4) is 0 Å². The van der Waals surface area contributed by atoms with Gasteiger partial charge in [-0.3, -0.25) is 4.21 Å². The van der Waals surface area contributed by atoms with E-state index in [-0.39, 0.29) is 0 Å². The first-order chi connectivity index (χ1) is 4.65. The van der Waals surface area contributed by atoms with Crippen molar-refractivity contribution in [1.82, 2.24) is 0 Å². The highest BCUT2D eigenvalue weighted by Crippen LogP contribution is 2.23. The molecule has 0 aromatic carbocycles. The maximum absolute atomic E-state index is 10.6. The average Bonchev–Trinajstić information content (AvgIpc) is 1.89. The SMILES string of the molecule is O=S([O-])C1([SiH3])CCCCO1. The van der Waals surface area contributed by atoms with E-state index >= 15 is 0 Å². The Hall–Kier alpha value is 0.287. The van der Waals surface area contributed by atoms with Gasteiger partial charge in [-0.15, -0.1) is 0 Å². The molecule has 60 valence electrons. The van der Waals surface area contributed by atoms with Crippen LogP contribution in [0.2, 0.25) is 0 Å². The summed E-state index contributed by atoms with van der Waals surface area (Å²) in [5.74, 6) is 0. The molecule has 1 rings (SSSR count). The zero-order valence-corrected chi connectivity index (χ0v) is 8.78. The van der Waals surface area contributed by atoms with E-state index in [1.165, 1.54) is 0 Å². The lowest BCUT2D eigenvalue weighted by atomic mass is 10.2. The fraction of sp³-hybridized carbons (Fsp3) is 1.00. The van der Waals surface area contributed by atoms with Crippen LogP contribution in [0.4, 0.5) is 0 Å². The Morgan fingerprint density at radius 3 is 2.60 bits per heavy atom. The van der Waals surface area contributed by atoms with Crippen molar-refractivity contribution in [2.75, 3.05) is 6.61 Å². The van der Waals surface area contributed by atoms with Gasteiger partial charge in [0.25, 0.3) is 0 Å². The summed E-state index contributed by atoms with van der Waals surface area (Å²) >= 11 is -2.03. The number of rotatable bonds is 1. The fourth-order valence-electron chi connectivity index (χ4n) is 1.04. The van der Waals surface area contributed by atoms with E-state index in [0.717, 1.165) is 12.8 Å². The molecule has 2 unspecified atom stereocenters. The van der Waals surface area contributed by atoms with Crippen LogP contribution in [0.15, 0.2) is 0 Å². The molecule has 5 heteroatoms. The third-order valence-electron chi connectivity index (χ3n) is 1.79. The summed E-state index contributed by atoms with van der Waals surface area (Å²) in [6.45, 7) is 0.609. The number of ether oxygens (including phenoxy) is 1. The van der Waals surface area contributed by atoms with Gasteiger partial charge in [0.15, 0.2) is 0 Å². The minimum atomic E-state index is -2.03. The lowest BCUT2D eigenvalue weighted by Gasteiger charge is -2.35. The maximum Gasteiger partial charge on any atom is 0.107 e. The zero-order chi connectivity index (χ0) is 7.61. The van der Waals surface area contributed by atoms with Crippen LogP contribution in [0.5, 0.6) is 0 Å². The predicted octanol–water partition coefficient (Wildman–Crippen LogP) is -0.915. The number of hydrogen-bond acceptors (Lipinski definition) is 3.